The second-order valence-electron chi connectivity index (χ2n) is 16.4. The van der Waals surface area contributed by atoms with Crippen LogP contribution in [-0.2, 0) is 5.41 Å². The lowest BCUT2D eigenvalue weighted by molar-refractivity contribution is 0.769. The highest BCUT2D eigenvalue weighted by molar-refractivity contribution is 6.12. The van der Waals surface area contributed by atoms with Gasteiger partial charge in [0.05, 0.1) is 27.5 Å². The molecule has 13 rings (SSSR count). The Morgan fingerprint density at radius 3 is 1.52 bits per heavy atom. The van der Waals surface area contributed by atoms with E-state index >= 15 is 0 Å². The van der Waals surface area contributed by atoms with Crippen molar-refractivity contribution in [3.63, 3.8) is 0 Å². The molecule has 0 aliphatic heterocycles. The quantitative estimate of drug-likeness (QED) is 0.168. The SMILES string of the molecule is c1ccc(-c2nc(-c3ccc4c(c3)c3ccccc3n4-c3ccccc3)nc(-n3c4ccccc4c4cc5c(cc43)C(c3ccccc3)(c3ccccc3)c3ccccc3-5)n2)cc1. The molecule has 5 nitrogen and oxygen atoms in total. The molecular formula is C58H37N5. The van der Waals surface area contributed by atoms with Crippen LogP contribution in [0.1, 0.15) is 22.3 Å². The zero-order valence-corrected chi connectivity index (χ0v) is 34.1. The van der Waals surface area contributed by atoms with Crippen LogP contribution in [0.4, 0.5) is 0 Å². The van der Waals surface area contributed by atoms with Crippen molar-refractivity contribution in [3.8, 4) is 45.5 Å². The number of rotatable bonds is 6. The maximum atomic E-state index is 5.44. The molecule has 0 N–H and O–H groups in total. The van der Waals surface area contributed by atoms with E-state index in [-0.39, 0.29) is 0 Å². The van der Waals surface area contributed by atoms with Crippen molar-refractivity contribution in [1.29, 1.82) is 0 Å². The predicted molar refractivity (Wildman–Crippen MR) is 257 cm³/mol. The molecule has 0 atom stereocenters. The van der Waals surface area contributed by atoms with E-state index in [4.69, 9.17) is 15.0 Å². The summed E-state index contributed by atoms with van der Waals surface area (Å²) in [6, 6.07) is 80.4. The molecule has 0 radical (unpaired) electrons. The third-order valence-corrected chi connectivity index (χ3v) is 13.1. The summed E-state index contributed by atoms with van der Waals surface area (Å²) >= 11 is 0. The van der Waals surface area contributed by atoms with Crippen molar-refractivity contribution in [2.45, 2.75) is 5.41 Å². The molecule has 1 aliphatic carbocycles. The Morgan fingerprint density at radius 2 is 0.841 bits per heavy atom. The predicted octanol–water partition coefficient (Wildman–Crippen LogP) is 13.8. The fourth-order valence-corrected chi connectivity index (χ4v) is 10.4. The first-order valence-corrected chi connectivity index (χ1v) is 21.5. The van der Waals surface area contributed by atoms with Gasteiger partial charge in [-0.1, -0.05) is 170 Å². The van der Waals surface area contributed by atoms with Crippen molar-refractivity contribution in [3.05, 3.63) is 247 Å². The average Bonchev–Trinajstić information content (AvgIpc) is 3.98. The van der Waals surface area contributed by atoms with Crippen LogP contribution in [0.3, 0.4) is 0 Å². The number of aromatic nitrogens is 5. The van der Waals surface area contributed by atoms with Gasteiger partial charge in [-0.25, -0.2) is 4.98 Å². The van der Waals surface area contributed by atoms with Gasteiger partial charge in [0.25, 0.3) is 0 Å². The number of hydrogen-bond acceptors (Lipinski definition) is 3. The number of benzene rings is 9. The lowest BCUT2D eigenvalue weighted by atomic mass is 9.67. The highest BCUT2D eigenvalue weighted by Crippen LogP contribution is 2.57. The third kappa shape index (κ3) is 5.20. The second-order valence-corrected chi connectivity index (χ2v) is 16.4. The zero-order valence-electron chi connectivity index (χ0n) is 34.1. The Balaban J connectivity index is 1.10. The minimum atomic E-state index is -0.558. The van der Waals surface area contributed by atoms with Crippen LogP contribution in [0.5, 0.6) is 0 Å². The van der Waals surface area contributed by atoms with Gasteiger partial charge >= 0.3 is 0 Å². The number of fused-ring (bicyclic) bond motifs is 9. The molecule has 0 unspecified atom stereocenters. The highest BCUT2D eigenvalue weighted by Gasteiger charge is 2.46. The van der Waals surface area contributed by atoms with E-state index in [9.17, 15) is 0 Å². The Kier molecular flexibility index (Phi) is 7.75. The van der Waals surface area contributed by atoms with Crippen molar-refractivity contribution in [2.24, 2.45) is 0 Å². The molecule has 0 amide bonds. The van der Waals surface area contributed by atoms with E-state index in [1.165, 1.54) is 38.8 Å². The molecule has 5 heteroatoms. The molecule has 0 saturated heterocycles. The second kappa shape index (κ2) is 13.8. The molecule has 0 bridgehead atoms. The summed E-state index contributed by atoms with van der Waals surface area (Å²) in [5.74, 6) is 1.79. The van der Waals surface area contributed by atoms with Crippen LogP contribution >= 0.6 is 0 Å². The lowest BCUT2D eigenvalue weighted by Gasteiger charge is -2.34. The van der Waals surface area contributed by atoms with Crippen LogP contribution < -0.4 is 0 Å². The van der Waals surface area contributed by atoms with E-state index in [1.807, 2.05) is 18.2 Å². The van der Waals surface area contributed by atoms with Crippen LogP contribution in [0.25, 0.3) is 89.2 Å². The van der Waals surface area contributed by atoms with Crippen LogP contribution in [-0.4, -0.2) is 24.1 Å². The van der Waals surface area contributed by atoms with Crippen molar-refractivity contribution in [1.82, 2.24) is 24.1 Å². The average molecular weight is 804 g/mol. The fraction of sp³-hybridized carbons (Fsp3) is 0.0172. The Labute approximate surface area is 363 Å². The maximum absolute atomic E-state index is 5.44. The lowest BCUT2D eigenvalue weighted by Crippen LogP contribution is -2.28. The van der Waals surface area contributed by atoms with Gasteiger partial charge in [0.2, 0.25) is 5.95 Å². The van der Waals surface area contributed by atoms with E-state index in [0.29, 0.717) is 17.6 Å². The molecule has 9 aromatic carbocycles. The molecule has 0 fully saturated rings. The van der Waals surface area contributed by atoms with E-state index in [2.05, 4.69) is 215 Å². The van der Waals surface area contributed by atoms with Crippen molar-refractivity contribution in [2.75, 3.05) is 0 Å². The standard InChI is InChI=1S/C58H37N5/c1-5-19-38(20-6-1)55-59-56(39-33-34-53-47(35-39)44-28-14-17-31-51(44)62(53)42-25-11-4-12-26-42)61-57(60-55)63-52-32-18-15-29-45(52)48-36-46-43-27-13-16-30-49(43)58(50(46)37-54(48)63,40-21-7-2-8-22-40)41-23-9-3-10-24-41/h1-37H. The zero-order chi connectivity index (χ0) is 41.5. The number of hydrogen-bond donors (Lipinski definition) is 0. The third-order valence-electron chi connectivity index (χ3n) is 13.1. The van der Waals surface area contributed by atoms with Gasteiger partial charge in [-0.2, -0.15) is 9.97 Å². The van der Waals surface area contributed by atoms with Gasteiger partial charge in [-0.05, 0) is 88.0 Å². The smallest absolute Gasteiger partial charge is 0.238 e. The van der Waals surface area contributed by atoms with Crippen LogP contribution in [0.15, 0.2) is 224 Å². The summed E-state index contributed by atoms with van der Waals surface area (Å²) < 4.78 is 4.59. The van der Waals surface area contributed by atoms with Crippen LogP contribution in [0, 0.1) is 0 Å². The van der Waals surface area contributed by atoms with Gasteiger partial charge < -0.3 is 4.57 Å². The molecule has 12 aromatic rings. The van der Waals surface area contributed by atoms with Crippen molar-refractivity contribution < 1.29 is 0 Å². The first kappa shape index (κ1) is 35.4. The minimum Gasteiger partial charge on any atom is -0.309 e. The molecule has 294 valence electrons. The van der Waals surface area contributed by atoms with Crippen molar-refractivity contribution >= 4 is 43.6 Å². The normalized spacial score (nSPS) is 12.9. The summed E-state index contributed by atoms with van der Waals surface area (Å²) in [4.78, 5) is 16.0. The van der Waals surface area contributed by atoms with E-state index in [1.54, 1.807) is 0 Å². The van der Waals surface area contributed by atoms with Gasteiger partial charge in [0, 0.05) is 38.4 Å². The first-order chi connectivity index (χ1) is 31.3. The van der Waals surface area contributed by atoms with Crippen LogP contribution in [0.2, 0.25) is 0 Å². The molecule has 63 heavy (non-hydrogen) atoms. The van der Waals surface area contributed by atoms with E-state index in [0.717, 1.165) is 55.0 Å². The van der Waals surface area contributed by atoms with Gasteiger partial charge in [0.1, 0.15) is 0 Å². The molecule has 3 aromatic heterocycles. The minimum absolute atomic E-state index is 0.558. The monoisotopic (exact) mass is 803 g/mol. The molecule has 3 heterocycles. The summed E-state index contributed by atoms with van der Waals surface area (Å²) in [7, 11) is 0. The fourth-order valence-electron chi connectivity index (χ4n) is 10.4. The van der Waals surface area contributed by atoms with Gasteiger partial charge in [0.15, 0.2) is 11.6 Å². The largest absolute Gasteiger partial charge is 0.309 e. The Morgan fingerprint density at radius 1 is 0.317 bits per heavy atom. The molecule has 0 saturated carbocycles. The maximum Gasteiger partial charge on any atom is 0.238 e. The first-order valence-electron chi connectivity index (χ1n) is 21.5. The molecule has 1 aliphatic rings. The summed E-state index contributed by atoms with van der Waals surface area (Å²) in [5, 5.41) is 4.60. The Hall–Kier alpha value is -8.41. The topological polar surface area (TPSA) is 48.5 Å². The van der Waals surface area contributed by atoms with Gasteiger partial charge in [-0.15, -0.1) is 0 Å². The van der Waals surface area contributed by atoms with E-state index < -0.39 is 5.41 Å². The summed E-state index contributed by atoms with van der Waals surface area (Å²) in [6.07, 6.45) is 0. The molecular weight excluding hydrogens is 767 g/mol. The summed E-state index contributed by atoms with van der Waals surface area (Å²) in [5.41, 5.74) is 14.2. The van der Waals surface area contributed by atoms with Gasteiger partial charge in [-0.3, -0.25) is 4.57 Å². The number of nitrogens with zero attached hydrogens (tertiary/aromatic N) is 5. The highest BCUT2D eigenvalue weighted by atomic mass is 15.2. The summed E-state index contributed by atoms with van der Waals surface area (Å²) in [6.45, 7) is 0. The molecule has 0 spiro atoms. The Bertz CT molecular complexity index is 3680. The number of para-hydroxylation sites is 3.